The number of carbonyl (C=O) groups excluding carboxylic acids is 2. The number of carbonyl (C=O) groups is 2. The summed E-state index contributed by atoms with van der Waals surface area (Å²) in [4.78, 5) is 21.6. The topological polar surface area (TPSA) is 86.7 Å². The van der Waals surface area contributed by atoms with Crippen LogP contribution < -0.4 is 5.11 Å². The minimum absolute atomic E-state index is 0.0152. The molecule has 19 heavy (non-hydrogen) atoms. The molecule has 0 aromatic heterocycles. The number of hydrogen-bond acceptors (Lipinski definition) is 5. The molecule has 0 spiro atoms. The Morgan fingerprint density at radius 3 is 2.11 bits per heavy atom. The Hall–Kier alpha value is -1.10. The largest absolute Gasteiger partial charge is 0.550 e. The van der Waals surface area contributed by atoms with Crippen molar-refractivity contribution in [2.75, 3.05) is 13.2 Å². The molecular formula is C14H25O5-. The molecule has 0 aromatic rings. The Morgan fingerprint density at radius 1 is 1.05 bits per heavy atom. The smallest absolute Gasteiger partial charge is 0.305 e. The first-order valence-corrected chi connectivity index (χ1v) is 6.84. The van der Waals surface area contributed by atoms with Gasteiger partial charge in [0.1, 0.15) is 0 Å². The van der Waals surface area contributed by atoms with Gasteiger partial charge in [0.25, 0.3) is 0 Å². The summed E-state index contributed by atoms with van der Waals surface area (Å²) < 4.78 is 5.07. The third-order valence-corrected chi connectivity index (χ3v) is 2.81. The number of ether oxygens (including phenoxy) is 1. The van der Waals surface area contributed by atoms with Crippen molar-refractivity contribution >= 4 is 11.9 Å². The molecular weight excluding hydrogens is 248 g/mol. The Kier molecular flexibility index (Phi) is 9.21. The Labute approximate surface area is 115 Å². The second-order valence-corrected chi connectivity index (χ2v) is 5.62. The van der Waals surface area contributed by atoms with Gasteiger partial charge in [-0.15, -0.1) is 0 Å². The SMILES string of the molecule is CC(C)(CO)COC(=O)CCCCCCCC(=O)[O-]. The van der Waals surface area contributed by atoms with E-state index in [1.807, 2.05) is 13.8 Å². The molecule has 0 aliphatic carbocycles. The summed E-state index contributed by atoms with van der Waals surface area (Å²) >= 11 is 0. The molecule has 0 unspecified atom stereocenters. The van der Waals surface area contributed by atoms with E-state index < -0.39 is 5.97 Å². The zero-order valence-electron chi connectivity index (χ0n) is 11.9. The lowest BCUT2D eigenvalue weighted by Gasteiger charge is -2.20. The molecule has 112 valence electrons. The quantitative estimate of drug-likeness (QED) is 0.449. The van der Waals surface area contributed by atoms with Gasteiger partial charge in [-0.25, -0.2) is 0 Å². The van der Waals surface area contributed by atoms with Crippen LogP contribution in [0.25, 0.3) is 0 Å². The van der Waals surface area contributed by atoms with Gasteiger partial charge in [-0.1, -0.05) is 33.1 Å². The maximum Gasteiger partial charge on any atom is 0.305 e. The molecule has 0 aliphatic rings. The molecule has 0 atom stereocenters. The summed E-state index contributed by atoms with van der Waals surface area (Å²) in [5.74, 6) is -1.24. The van der Waals surface area contributed by atoms with Gasteiger partial charge in [0.05, 0.1) is 13.2 Å². The molecule has 0 saturated heterocycles. The Bertz CT molecular complexity index is 273. The van der Waals surface area contributed by atoms with Gasteiger partial charge in [0.15, 0.2) is 0 Å². The molecule has 5 heteroatoms. The highest BCUT2D eigenvalue weighted by atomic mass is 16.5. The summed E-state index contributed by atoms with van der Waals surface area (Å²) in [6, 6.07) is 0. The van der Waals surface area contributed by atoms with E-state index in [4.69, 9.17) is 9.84 Å². The molecule has 0 fully saturated rings. The summed E-state index contributed by atoms with van der Waals surface area (Å²) in [6.45, 7) is 3.88. The minimum Gasteiger partial charge on any atom is -0.550 e. The number of carboxylic acids is 1. The van der Waals surface area contributed by atoms with E-state index in [0.717, 1.165) is 25.7 Å². The number of rotatable bonds is 11. The van der Waals surface area contributed by atoms with Crippen LogP contribution in [-0.2, 0) is 14.3 Å². The van der Waals surface area contributed by atoms with Crippen molar-refractivity contribution < 1.29 is 24.5 Å². The Morgan fingerprint density at radius 2 is 1.58 bits per heavy atom. The first kappa shape index (κ1) is 17.9. The summed E-state index contributed by atoms with van der Waals surface area (Å²) in [7, 11) is 0. The van der Waals surface area contributed by atoms with Crippen molar-refractivity contribution in [2.45, 2.75) is 58.8 Å². The van der Waals surface area contributed by atoms with Crippen LogP contribution in [0.3, 0.4) is 0 Å². The summed E-state index contributed by atoms with van der Waals surface area (Å²) in [6.07, 6.45) is 4.54. The molecule has 0 heterocycles. The highest BCUT2D eigenvalue weighted by Crippen LogP contribution is 2.14. The monoisotopic (exact) mass is 273 g/mol. The van der Waals surface area contributed by atoms with Gasteiger partial charge >= 0.3 is 5.97 Å². The normalized spacial score (nSPS) is 11.3. The lowest BCUT2D eigenvalue weighted by atomic mass is 9.96. The third-order valence-electron chi connectivity index (χ3n) is 2.81. The van der Waals surface area contributed by atoms with Crippen molar-refractivity contribution in [2.24, 2.45) is 5.41 Å². The highest BCUT2D eigenvalue weighted by molar-refractivity contribution is 5.69. The van der Waals surface area contributed by atoms with Crippen LogP contribution in [0.4, 0.5) is 0 Å². The lowest BCUT2D eigenvalue weighted by molar-refractivity contribution is -0.305. The van der Waals surface area contributed by atoms with Crippen LogP contribution in [0, 0.1) is 5.41 Å². The molecule has 0 aliphatic heterocycles. The van der Waals surface area contributed by atoms with Gasteiger partial charge < -0.3 is 19.7 Å². The molecule has 0 bridgehead atoms. The van der Waals surface area contributed by atoms with Crippen molar-refractivity contribution in [1.82, 2.24) is 0 Å². The van der Waals surface area contributed by atoms with E-state index >= 15 is 0 Å². The third kappa shape index (κ3) is 11.7. The van der Waals surface area contributed by atoms with Gasteiger partial charge in [0.2, 0.25) is 0 Å². The number of esters is 1. The fourth-order valence-corrected chi connectivity index (χ4v) is 1.46. The average molecular weight is 273 g/mol. The molecule has 0 saturated carbocycles. The zero-order valence-corrected chi connectivity index (χ0v) is 11.9. The molecule has 0 radical (unpaired) electrons. The first-order chi connectivity index (χ1) is 8.87. The van der Waals surface area contributed by atoms with Crippen molar-refractivity contribution in [1.29, 1.82) is 0 Å². The average Bonchev–Trinajstić information content (AvgIpc) is 2.35. The van der Waals surface area contributed by atoms with Crippen LogP contribution in [0.2, 0.25) is 0 Å². The number of aliphatic hydroxyl groups is 1. The summed E-state index contributed by atoms with van der Waals surface area (Å²) in [5, 5.41) is 19.2. The second kappa shape index (κ2) is 9.78. The van der Waals surface area contributed by atoms with Gasteiger partial charge in [-0.05, 0) is 19.3 Å². The number of aliphatic hydroxyl groups excluding tert-OH is 1. The van der Waals surface area contributed by atoms with Gasteiger partial charge in [0, 0.05) is 17.8 Å². The predicted octanol–water partition coefficient (Wildman–Crippen LogP) is 1.03. The fraction of sp³-hybridized carbons (Fsp3) is 0.857. The van der Waals surface area contributed by atoms with Crippen LogP contribution >= 0.6 is 0 Å². The van der Waals surface area contributed by atoms with Crippen LogP contribution in [0.15, 0.2) is 0 Å². The first-order valence-electron chi connectivity index (χ1n) is 6.84. The van der Waals surface area contributed by atoms with Crippen LogP contribution in [0.5, 0.6) is 0 Å². The van der Waals surface area contributed by atoms with Crippen LogP contribution in [0.1, 0.15) is 58.8 Å². The van der Waals surface area contributed by atoms with Crippen molar-refractivity contribution in [3.05, 3.63) is 0 Å². The number of carboxylic acid groups (broad SMARTS) is 1. The predicted molar refractivity (Wildman–Crippen MR) is 69.2 cm³/mol. The molecule has 5 nitrogen and oxygen atoms in total. The van der Waals surface area contributed by atoms with Crippen molar-refractivity contribution in [3.8, 4) is 0 Å². The Balaban J connectivity index is 3.41. The molecule has 0 aromatic carbocycles. The number of aliphatic carboxylic acids is 1. The highest BCUT2D eigenvalue weighted by Gasteiger charge is 2.18. The minimum atomic E-state index is -1.00. The standard InChI is InChI=1S/C14H26O5/c1-14(2,10-15)11-19-13(18)9-7-5-3-4-6-8-12(16)17/h15H,3-11H2,1-2H3,(H,16,17)/p-1. The second-order valence-electron chi connectivity index (χ2n) is 5.62. The van der Waals surface area contributed by atoms with E-state index in [1.54, 1.807) is 0 Å². The van der Waals surface area contributed by atoms with Crippen molar-refractivity contribution in [3.63, 3.8) is 0 Å². The maximum atomic E-state index is 11.4. The summed E-state index contributed by atoms with van der Waals surface area (Å²) in [5.41, 5.74) is -0.388. The van der Waals surface area contributed by atoms with E-state index in [2.05, 4.69) is 0 Å². The van der Waals surface area contributed by atoms with Gasteiger partial charge in [-0.3, -0.25) is 4.79 Å². The van der Waals surface area contributed by atoms with E-state index in [1.165, 1.54) is 0 Å². The van der Waals surface area contributed by atoms with Crippen LogP contribution in [-0.4, -0.2) is 30.3 Å². The van der Waals surface area contributed by atoms with E-state index in [-0.39, 0.29) is 31.0 Å². The lowest BCUT2D eigenvalue weighted by Crippen LogP contribution is -2.25. The molecule has 0 rings (SSSR count). The zero-order chi connectivity index (χ0) is 14.7. The maximum absolute atomic E-state index is 11.4. The van der Waals surface area contributed by atoms with E-state index in [9.17, 15) is 14.7 Å². The number of hydrogen-bond donors (Lipinski definition) is 1. The van der Waals surface area contributed by atoms with Gasteiger partial charge in [-0.2, -0.15) is 0 Å². The molecule has 1 N–H and O–H groups in total. The number of unbranched alkanes of at least 4 members (excludes halogenated alkanes) is 4. The molecule has 0 amide bonds. The van der Waals surface area contributed by atoms with E-state index in [0.29, 0.717) is 12.8 Å². The fourth-order valence-electron chi connectivity index (χ4n) is 1.46.